The zero-order valence-electron chi connectivity index (χ0n) is 11.7. The van der Waals surface area contributed by atoms with Crippen LogP contribution in [-0.4, -0.2) is 20.0 Å². The van der Waals surface area contributed by atoms with Crippen LogP contribution in [0.4, 0.5) is 0 Å². The van der Waals surface area contributed by atoms with Gasteiger partial charge in [-0.05, 0) is 37.6 Å². The number of carbonyl (C=O) groups excluding carboxylic acids is 1. The molecule has 0 saturated heterocycles. The second-order valence-electron chi connectivity index (χ2n) is 4.91. The maximum atomic E-state index is 12.1. The van der Waals surface area contributed by atoms with Crippen molar-refractivity contribution in [3.8, 4) is 0 Å². The summed E-state index contributed by atoms with van der Waals surface area (Å²) in [5, 5.41) is 0.552. The summed E-state index contributed by atoms with van der Waals surface area (Å²) in [4.78, 5) is 14.0. The summed E-state index contributed by atoms with van der Waals surface area (Å²) in [6.07, 6.45) is 0. The zero-order valence-corrected chi connectivity index (χ0v) is 14.1. The lowest BCUT2D eigenvalue weighted by atomic mass is 10.2. The Morgan fingerprint density at radius 3 is 2.33 bits per heavy atom. The van der Waals surface area contributed by atoms with Gasteiger partial charge < -0.3 is 0 Å². The number of hydrogen-bond donors (Lipinski definition) is 0. The summed E-state index contributed by atoms with van der Waals surface area (Å²) in [7, 11) is -3.49. The largest absolute Gasteiger partial charge is 0.293 e. The molecular formula is C15H15ClO3S2. The maximum absolute atomic E-state index is 12.1. The molecule has 2 rings (SSSR count). The molecule has 0 fully saturated rings. The van der Waals surface area contributed by atoms with Crippen LogP contribution in [0.2, 0.25) is 5.02 Å². The van der Waals surface area contributed by atoms with Gasteiger partial charge in [-0.3, -0.25) is 4.79 Å². The fourth-order valence-corrected chi connectivity index (χ4v) is 4.50. The van der Waals surface area contributed by atoms with Gasteiger partial charge in [0.15, 0.2) is 15.6 Å². The smallest absolute Gasteiger partial charge is 0.178 e. The Labute approximate surface area is 133 Å². The molecule has 3 nitrogen and oxygen atoms in total. The van der Waals surface area contributed by atoms with Crippen LogP contribution in [0, 0.1) is 13.8 Å². The van der Waals surface area contributed by atoms with Crippen LogP contribution in [0.5, 0.6) is 0 Å². The highest BCUT2D eigenvalue weighted by atomic mass is 35.5. The summed E-state index contributed by atoms with van der Waals surface area (Å²) < 4.78 is 24.3. The van der Waals surface area contributed by atoms with Gasteiger partial charge in [0.1, 0.15) is 5.75 Å². The number of ketones is 1. The minimum atomic E-state index is -3.49. The molecule has 0 unspecified atom stereocenters. The van der Waals surface area contributed by atoms with Crippen molar-refractivity contribution in [3.63, 3.8) is 0 Å². The van der Waals surface area contributed by atoms with Crippen LogP contribution in [0.3, 0.4) is 0 Å². The first-order valence-electron chi connectivity index (χ1n) is 6.32. The number of aryl methyl sites for hydroxylation is 2. The number of carbonyl (C=O) groups is 1. The van der Waals surface area contributed by atoms with Crippen molar-refractivity contribution in [1.29, 1.82) is 0 Å². The van der Waals surface area contributed by atoms with E-state index in [-0.39, 0.29) is 11.5 Å². The van der Waals surface area contributed by atoms with Crippen molar-refractivity contribution >= 4 is 38.6 Å². The number of halogens is 1. The summed E-state index contributed by atoms with van der Waals surface area (Å²) in [6, 6.07) is 8.34. The predicted molar refractivity (Wildman–Crippen MR) is 87.1 cm³/mol. The number of sulfone groups is 1. The van der Waals surface area contributed by atoms with Crippen molar-refractivity contribution in [3.05, 3.63) is 56.2 Å². The number of Topliss-reactive ketones (excluding diaryl/α,β-unsaturated/α-hetero) is 1. The van der Waals surface area contributed by atoms with Crippen molar-refractivity contribution < 1.29 is 13.2 Å². The average Bonchev–Trinajstić information content (AvgIpc) is 2.70. The maximum Gasteiger partial charge on any atom is 0.178 e. The highest BCUT2D eigenvalue weighted by Crippen LogP contribution is 2.22. The van der Waals surface area contributed by atoms with Crippen LogP contribution in [0.1, 0.15) is 25.7 Å². The molecule has 0 amide bonds. The van der Waals surface area contributed by atoms with E-state index in [4.69, 9.17) is 11.6 Å². The van der Waals surface area contributed by atoms with E-state index in [9.17, 15) is 13.2 Å². The highest BCUT2D eigenvalue weighted by molar-refractivity contribution is 7.91. The van der Waals surface area contributed by atoms with Crippen LogP contribution >= 0.6 is 22.9 Å². The molecule has 6 heteroatoms. The molecule has 0 aliphatic rings. The molecule has 0 spiro atoms. The fraction of sp³-hybridized carbons (Fsp3) is 0.267. The van der Waals surface area contributed by atoms with E-state index >= 15 is 0 Å². The number of rotatable bonds is 5. The molecule has 0 aliphatic carbocycles. The van der Waals surface area contributed by atoms with Crippen molar-refractivity contribution in [2.45, 2.75) is 19.6 Å². The molecule has 1 aromatic heterocycles. The molecule has 1 heterocycles. The molecule has 0 atom stereocenters. The van der Waals surface area contributed by atoms with Gasteiger partial charge in [0.05, 0.1) is 5.75 Å². The monoisotopic (exact) mass is 342 g/mol. The lowest BCUT2D eigenvalue weighted by Gasteiger charge is -2.04. The minimum Gasteiger partial charge on any atom is -0.293 e. The van der Waals surface area contributed by atoms with Crippen LogP contribution < -0.4 is 0 Å². The Morgan fingerprint density at radius 2 is 1.81 bits per heavy atom. The van der Waals surface area contributed by atoms with Crippen LogP contribution in [-0.2, 0) is 15.6 Å². The van der Waals surface area contributed by atoms with E-state index in [1.54, 1.807) is 30.3 Å². The second kappa shape index (κ2) is 6.30. The Morgan fingerprint density at radius 1 is 1.19 bits per heavy atom. The molecule has 112 valence electrons. The van der Waals surface area contributed by atoms with Crippen LogP contribution in [0.25, 0.3) is 0 Å². The summed E-state index contributed by atoms with van der Waals surface area (Å²) >= 11 is 7.26. The first-order chi connectivity index (χ1) is 9.77. The average molecular weight is 343 g/mol. The molecule has 0 bridgehead atoms. The van der Waals surface area contributed by atoms with E-state index < -0.39 is 15.6 Å². The van der Waals surface area contributed by atoms with Gasteiger partial charge in [-0.15, -0.1) is 11.3 Å². The molecule has 2 aromatic rings. The van der Waals surface area contributed by atoms with Crippen LogP contribution in [0.15, 0.2) is 30.3 Å². The van der Waals surface area contributed by atoms with E-state index in [0.29, 0.717) is 16.1 Å². The first kappa shape index (κ1) is 16.2. The quantitative estimate of drug-likeness (QED) is 0.776. The van der Waals surface area contributed by atoms with Gasteiger partial charge in [-0.2, -0.15) is 0 Å². The molecule has 21 heavy (non-hydrogen) atoms. The lowest BCUT2D eigenvalue weighted by Crippen LogP contribution is -2.18. The lowest BCUT2D eigenvalue weighted by molar-refractivity contribution is 0.102. The van der Waals surface area contributed by atoms with Gasteiger partial charge in [-0.25, -0.2) is 8.42 Å². The fourth-order valence-electron chi connectivity index (χ4n) is 2.07. The van der Waals surface area contributed by atoms with Gasteiger partial charge >= 0.3 is 0 Å². The third-order valence-electron chi connectivity index (χ3n) is 2.99. The number of benzene rings is 1. The molecule has 0 radical (unpaired) electrons. The standard InChI is InChI=1S/C15H15ClO3S2/c1-10-7-14(11(2)20-10)15(17)9-21(18,19)8-12-3-5-13(16)6-4-12/h3-7H,8-9H2,1-2H3. The topological polar surface area (TPSA) is 51.2 Å². The summed E-state index contributed by atoms with van der Waals surface area (Å²) in [5.41, 5.74) is 1.14. The second-order valence-corrected chi connectivity index (χ2v) is 8.87. The van der Waals surface area contributed by atoms with E-state index in [0.717, 1.165) is 9.75 Å². The molecular weight excluding hydrogens is 328 g/mol. The third kappa shape index (κ3) is 4.40. The normalized spacial score (nSPS) is 11.6. The van der Waals surface area contributed by atoms with E-state index in [1.807, 2.05) is 13.8 Å². The summed E-state index contributed by atoms with van der Waals surface area (Å²) in [6.45, 7) is 3.73. The number of hydrogen-bond acceptors (Lipinski definition) is 4. The first-order valence-corrected chi connectivity index (χ1v) is 9.33. The SMILES string of the molecule is Cc1cc(C(=O)CS(=O)(=O)Cc2ccc(Cl)cc2)c(C)s1. The Kier molecular flexibility index (Phi) is 4.86. The molecule has 0 N–H and O–H groups in total. The Balaban J connectivity index is 2.12. The third-order valence-corrected chi connectivity index (χ3v) is 5.69. The van der Waals surface area contributed by atoms with Gasteiger partial charge in [0.25, 0.3) is 0 Å². The predicted octanol–water partition coefficient (Wildman–Crippen LogP) is 3.82. The minimum absolute atomic E-state index is 0.155. The molecule has 0 saturated carbocycles. The van der Waals surface area contributed by atoms with Crippen molar-refractivity contribution in [2.24, 2.45) is 0 Å². The van der Waals surface area contributed by atoms with Gasteiger partial charge in [0.2, 0.25) is 0 Å². The van der Waals surface area contributed by atoms with E-state index in [1.165, 1.54) is 11.3 Å². The Hall–Kier alpha value is -1.17. The van der Waals surface area contributed by atoms with Crippen molar-refractivity contribution in [2.75, 3.05) is 5.75 Å². The van der Waals surface area contributed by atoms with Crippen molar-refractivity contribution in [1.82, 2.24) is 0 Å². The van der Waals surface area contributed by atoms with Gasteiger partial charge in [0, 0.05) is 20.3 Å². The van der Waals surface area contributed by atoms with E-state index in [2.05, 4.69) is 0 Å². The molecule has 0 aliphatic heterocycles. The Bertz CT molecular complexity index is 759. The molecule has 1 aromatic carbocycles. The summed E-state index contributed by atoms with van der Waals surface area (Å²) in [5.74, 6) is -0.962. The number of thiophene rings is 1. The zero-order chi connectivity index (χ0) is 15.6. The van der Waals surface area contributed by atoms with Gasteiger partial charge in [-0.1, -0.05) is 23.7 Å². The highest BCUT2D eigenvalue weighted by Gasteiger charge is 2.21.